The maximum Gasteiger partial charge on any atom is 0.239 e. The van der Waals surface area contributed by atoms with Crippen molar-refractivity contribution in [1.82, 2.24) is 10.6 Å². The van der Waals surface area contributed by atoms with Gasteiger partial charge in [0, 0.05) is 11.3 Å². The fourth-order valence-corrected chi connectivity index (χ4v) is 2.51. The van der Waals surface area contributed by atoms with E-state index in [2.05, 4.69) is 16.9 Å². The summed E-state index contributed by atoms with van der Waals surface area (Å²) in [6.07, 6.45) is 5.62. The van der Waals surface area contributed by atoms with Gasteiger partial charge in [0.2, 0.25) is 11.8 Å². The van der Waals surface area contributed by atoms with Crippen molar-refractivity contribution in [2.24, 2.45) is 5.73 Å². The van der Waals surface area contributed by atoms with Crippen LogP contribution in [0, 0.1) is 0 Å². The van der Waals surface area contributed by atoms with Gasteiger partial charge in [0.15, 0.2) is 0 Å². The molecule has 0 aromatic carbocycles. The van der Waals surface area contributed by atoms with Crippen molar-refractivity contribution < 1.29 is 9.59 Å². The maximum absolute atomic E-state index is 11.4. The average molecular weight is 245 g/mol. The number of thioether (sulfide) groups is 1. The maximum atomic E-state index is 11.4. The number of rotatable bonds is 6. The predicted molar refractivity (Wildman–Crippen MR) is 65.2 cm³/mol. The van der Waals surface area contributed by atoms with E-state index in [0.29, 0.717) is 6.54 Å². The highest BCUT2D eigenvalue weighted by Gasteiger charge is 2.36. The van der Waals surface area contributed by atoms with Crippen molar-refractivity contribution in [2.75, 3.05) is 25.9 Å². The first-order valence-electron chi connectivity index (χ1n) is 5.40. The number of carbonyl (C=O) groups excluding carboxylic acids is 2. The lowest BCUT2D eigenvalue weighted by molar-refractivity contribution is -0.125. The number of hydrogen-bond donors (Lipinski definition) is 3. The minimum absolute atomic E-state index is 0.0144. The van der Waals surface area contributed by atoms with Gasteiger partial charge in [-0.2, -0.15) is 11.8 Å². The van der Waals surface area contributed by atoms with Crippen molar-refractivity contribution in [1.29, 1.82) is 0 Å². The van der Waals surface area contributed by atoms with Gasteiger partial charge in [-0.1, -0.05) is 6.42 Å². The molecule has 1 aliphatic rings. The van der Waals surface area contributed by atoms with Gasteiger partial charge in [0.05, 0.1) is 13.1 Å². The van der Waals surface area contributed by atoms with Crippen molar-refractivity contribution in [3.05, 3.63) is 0 Å². The lowest BCUT2D eigenvalue weighted by Crippen LogP contribution is -2.48. The van der Waals surface area contributed by atoms with Gasteiger partial charge < -0.3 is 16.4 Å². The highest BCUT2D eigenvalue weighted by atomic mass is 32.2. The summed E-state index contributed by atoms with van der Waals surface area (Å²) in [5.74, 6) is -0.458. The van der Waals surface area contributed by atoms with Crippen molar-refractivity contribution in [3.8, 4) is 0 Å². The summed E-state index contributed by atoms with van der Waals surface area (Å²) in [6, 6.07) is 0. The Hall–Kier alpha value is -0.750. The Balaban J connectivity index is 2.17. The van der Waals surface area contributed by atoms with E-state index in [1.54, 1.807) is 0 Å². The summed E-state index contributed by atoms with van der Waals surface area (Å²) in [6.45, 7) is 0.619. The Morgan fingerprint density at radius 3 is 2.44 bits per heavy atom. The van der Waals surface area contributed by atoms with Gasteiger partial charge in [-0.05, 0) is 19.1 Å². The lowest BCUT2D eigenvalue weighted by Gasteiger charge is -2.40. The molecular formula is C10H19N3O2S. The molecule has 0 aromatic rings. The van der Waals surface area contributed by atoms with Crippen LogP contribution in [-0.2, 0) is 9.59 Å². The Bertz CT molecular complexity index is 261. The van der Waals surface area contributed by atoms with Gasteiger partial charge in [-0.15, -0.1) is 0 Å². The molecule has 0 radical (unpaired) electrons. The van der Waals surface area contributed by atoms with Crippen LogP contribution in [0.4, 0.5) is 0 Å². The minimum atomic E-state index is -0.307. The van der Waals surface area contributed by atoms with Crippen LogP contribution in [0.1, 0.15) is 19.3 Å². The van der Waals surface area contributed by atoms with E-state index in [9.17, 15) is 9.59 Å². The Morgan fingerprint density at radius 1 is 1.31 bits per heavy atom. The van der Waals surface area contributed by atoms with Crippen LogP contribution in [0.5, 0.6) is 0 Å². The fraction of sp³-hybridized carbons (Fsp3) is 0.800. The summed E-state index contributed by atoms with van der Waals surface area (Å²) < 4.78 is 0.230. The van der Waals surface area contributed by atoms with Gasteiger partial charge in [-0.25, -0.2) is 0 Å². The highest BCUT2D eigenvalue weighted by Crippen LogP contribution is 2.42. The van der Waals surface area contributed by atoms with Crippen LogP contribution in [-0.4, -0.2) is 42.5 Å². The largest absolute Gasteiger partial charge is 0.353 e. The fourth-order valence-electron chi connectivity index (χ4n) is 1.60. The first-order valence-corrected chi connectivity index (χ1v) is 6.63. The molecular weight excluding hydrogens is 226 g/mol. The molecule has 0 bridgehead atoms. The number of hydrogen-bond acceptors (Lipinski definition) is 4. The third-order valence-corrected chi connectivity index (χ3v) is 4.36. The quantitative estimate of drug-likeness (QED) is 0.587. The van der Waals surface area contributed by atoms with Crippen LogP contribution in [0.3, 0.4) is 0 Å². The van der Waals surface area contributed by atoms with Gasteiger partial charge in [-0.3, -0.25) is 9.59 Å². The number of nitrogens with one attached hydrogen (secondary N) is 2. The number of amides is 2. The van der Waals surface area contributed by atoms with Crippen LogP contribution in [0.15, 0.2) is 0 Å². The number of nitrogens with two attached hydrogens (primary N) is 1. The molecule has 4 N–H and O–H groups in total. The van der Waals surface area contributed by atoms with Gasteiger partial charge in [0.1, 0.15) is 0 Å². The standard InChI is InChI=1S/C10H19N3O2S/c1-16-10(3-2-4-10)7-13-9(15)6-12-8(14)5-11/h2-7,11H2,1H3,(H,12,14)(H,13,15). The molecule has 0 aliphatic heterocycles. The molecule has 0 atom stereocenters. The molecule has 0 saturated heterocycles. The zero-order valence-corrected chi connectivity index (χ0v) is 10.4. The first kappa shape index (κ1) is 13.3. The Morgan fingerprint density at radius 2 is 2.00 bits per heavy atom. The second-order valence-electron chi connectivity index (χ2n) is 4.00. The van der Waals surface area contributed by atoms with E-state index >= 15 is 0 Å². The molecule has 1 aliphatic carbocycles. The van der Waals surface area contributed by atoms with Crippen LogP contribution in [0.25, 0.3) is 0 Å². The number of carbonyl (C=O) groups is 2. The topological polar surface area (TPSA) is 84.2 Å². The monoisotopic (exact) mass is 245 g/mol. The van der Waals surface area contributed by atoms with E-state index in [4.69, 9.17) is 5.73 Å². The van der Waals surface area contributed by atoms with Crippen molar-refractivity contribution in [3.63, 3.8) is 0 Å². The van der Waals surface area contributed by atoms with Gasteiger partial charge >= 0.3 is 0 Å². The molecule has 2 amide bonds. The highest BCUT2D eigenvalue weighted by molar-refractivity contribution is 8.00. The zero-order valence-electron chi connectivity index (χ0n) is 9.54. The first-order chi connectivity index (χ1) is 7.62. The summed E-state index contributed by atoms with van der Waals surface area (Å²) in [4.78, 5) is 22.2. The molecule has 0 spiro atoms. The molecule has 92 valence electrons. The Kier molecular flexibility index (Phi) is 5.08. The molecule has 1 fully saturated rings. The smallest absolute Gasteiger partial charge is 0.239 e. The van der Waals surface area contributed by atoms with Crippen molar-refractivity contribution >= 4 is 23.6 Å². The molecule has 5 nitrogen and oxygen atoms in total. The molecule has 6 heteroatoms. The van der Waals surface area contributed by atoms with Crippen LogP contribution in [0.2, 0.25) is 0 Å². The third kappa shape index (κ3) is 3.68. The molecule has 1 saturated carbocycles. The second kappa shape index (κ2) is 6.10. The minimum Gasteiger partial charge on any atom is -0.353 e. The van der Waals surface area contributed by atoms with E-state index in [-0.39, 0.29) is 29.7 Å². The summed E-state index contributed by atoms with van der Waals surface area (Å²) in [5, 5.41) is 5.28. The van der Waals surface area contributed by atoms with Crippen LogP contribution >= 0.6 is 11.8 Å². The summed E-state index contributed by atoms with van der Waals surface area (Å²) in [7, 11) is 0. The van der Waals surface area contributed by atoms with E-state index in [1.165, 1.54) is 6.42 Å². The molecule has 0 aromatic heterocycles. The van der Waals surface area contributed by atoms with E-state index in [1.807, 2.05) is 11.8 Å². The Labute approximate surface area is 99.9 Å². The summed E-state index contributed by atoms with van der Waals surface area (Å²) >= 11 is 1.81. The van der Waals surface area contributed by atoms with E-state index < -0.39 is 0 Å². The van der Waals surface area contributed by atoms with Crippen LogP contribution < -0.4 is 16.4 Å². The van der Waals surface area contributed by atoms with E-state index in [0.717, 1.165) is 12.8 Å². The average Bonchev–Trinajstić information content (AvgIpc) is 2.25. The predicted octanol–water partition coefficient (Wildman–Crippen LogP) is -0.537. The zero-order chi connectivity index (χ0) is 12.0. The summed E-state index contributed by atoms with van der Waals surface area (Å²) in [5.41, 5.74) is 5.11. The normalized spacial score (nSPS) is 17.4. The second-order valence-corrected chi connectivity index (χ2v) is 5.27. The molecule has 0 unspecified atom stereocenters. The molecule has 1 rings (SSSR count). The van der Waals surface area contributed by atoms with Crippen molar-refractivity contribution in [2.45, 2.75) is 24.0 Å². The third-order valence-electron chi connectivity index (χ3n) is 2.94. The lowest BCUT2D eigenvalue weighted by atomic mass is 9.84. The molecule has 0 heterocycles. The SMILES string of the molecule is CSC1(CNC(=O)CNC(=O)CN)CCC1. The van der Waals surface area contributed by atoms with Gasteiger partial charge in [0.25, 0.3) is 0 Å². The molecule has 16 heavy (non-hydrogen) atoms.